The Labute approximate surface area is 162 Å². The number of ether oxygens (including phenoxy) is 4. The first-order valence-electron chi connectivity index (χ1n) is 9.00. The highest BCUT2D eigenvalue weighted by atomic mass is 16.7. The summed E-state index contributed by atoms with van der Waals surface area (Å²) in [6.07, 6.45) is 1.01. The minimum atomic E-state index is -0.736. The van der Waals surface area contributed by atoms with E-state index in [1.165, 1.54) is 12.1 Å². The van der Waals surface area contributed by atoms with Gasteiger partial charge in [-0.05, 0) is 42.7 Å². The van der Waals surface area contributed by atoms with Crippen molar-refractivity contribution in [3.8, 4) is 11.5 Å². The van der Waals surface area contributed by atoms with Crippen molar-refractivity contribution < 1.29 is 28.7 Å². The molecular formula is C20H21NO7. The van der Waals surface area contributed by atoms with Crippen LogP contribution in [0.4, 0.5) is 5.69 Å². The number of nitrogens with zero attached hydrogens (tertiary/aromatic N) is 1. The van der Waals surface area contributed by atoms with Gasteiger partial charge < -0.3 is 18.9 Å². The summed E-state index contributed by atoms with van der Waals surface area (Å²) in [5.41, 5.74) is 1.31. The summed E-state index contributed by atoms with van der Waals surface area (Å²) in [6, 6.07) is 11.6. The van der Waals surface area contributed by atoms with Crippen LogP contribution in [0.3, 0.4) is 0 Å². The Bertz CT molecular complexity index is 829. The Morgan fingerprint density at radius 3 is 2.54 bits per heavy atom. The molecule has 1 aliphatic heterocycles. The minimum absolute atomic E-state index is 0.153. The highest BCUT2D eigenvalue weighted by Crippen LogP contribution is 2.32. The maximum Gasteiger partial charge on any atom is 0.349 e. The van der Waals surface area contributed by atoms with Gasteiger partial charge in [-0.25, -0.2) is 4.79 Å². The van der Waals surface area contributed by atoms with Crippen LogP contribution in [0.5, 0.6) is 11.5 Å². The van der Waals surface area contributed by atoms with Crippen LogP contribution >= 0.6 is 0 Å². The number of rotatable bonds is 7. The molecule has 0 saturated carbocycles. The van der Waals surface area contributed by atoms with Crippen molar-refractivity contribution in [1.29, 1.82) is 0 Å². The molecule has 0 radical (unpaired) electrons. The van der Waals surface area contributed by atoms with Gasteiger partial charge in [-0.3, -0.25) is 10.1 Å². The van der Waals surface area contributed by atoms with Gasteiger partial charge in [0.15, 0.2) is 12.9 Å². The topological polar surface area (TPSA) is 97.1 Å². The lowest BCUT2D eigenvalue weighted by atomic mass is 10.1. The first-order valence-corrected chi connectivity index (χ1v) is 9.00. The summed E-state index contributed by atoms with van der Waals surface area (Å²) in [4.78, 5) is 22.8. The summed E-state index contributed by atoms with van der Waals surface area (Å²) in [5, 5.41) is 11.4. The highest BCUT2D eigenvalue weighted by Gasteiger charge is 2.24. The molecule has 3 rings (SSSR count). The fourth-order valence-electron chi connectivity index (χ4n) is 2.71. The van der Waals surface area contributed by atoms with E-state index < -0.39 is 17.2 Å². The molecule has 0 atom stereocenters. The molecule has 8 heteroatoms. The van der Waals surface area contributed by atoms with Crippen molar-refractivity contribution >= 4 is 11.7 Å². The quantitative estimate of drug-likeness (QED) is 0.310. The fraction of sp³-hybridized carbons (Fsp3) is 0.350. The van der Waals surface area contributed by atoms with E-state index in [1.54, 1.807) is 18.2 Å². The lowest BCUT2D eigenvalue weighted by Gasteiger charge is -2.23. The molecule has 1 aliphatic rings. The van der Waals surface area contributed by atoms with Crippen LogP contribution in [0.25, 0.3) is 0 Å². The van der Waals surface area contributed by atoms with Gasteiger partial charge in [-0.2, -0.15) is 0 Å². The number of nitro benzene ring substituents is 1. The summed E-state index contributed by atoms with van der Waals surface area (Å²) < 4.78 is 21.4. The van der Waals surface area contributed by atoms with Crippen LogP contribution in [0, 0.1) is 10.1 Å². The van der Waals surface area contributed by atoms with Crippen LogP contribution in [0.15, 0.2) is 42.5 Å². The Morgan fingerprint density at radius 1 is 1.18 bits per heavy atom. The number of carbonyl (C=O) groups is 1. The summed E-state index contributed by atoms with van der Waals surface area (Å²) in [7, 11) is 0. The van der Waals surface area contributed by atoms with Crippen molar-refractivity contribution in [2.45, 2.75) is 26.1 Å². The van der Waals surface area contributed by atoms with Crippen LogP contribution in [0.2, 0.25) is 0 Å². The standard InChI is InChI=1S/C20H21NO7/c1-2-14-4-7-16(8-5-14)27-13-19(22)28-18-9-6-15(12-17(18)21(23)24)20-25-10-3-11-26-20/h4-9,12,20H,2-3,10-11,13H2,1H3. The molecule has 1 fully saturated rings. The molecular weight excluding hydrogens is 366 g/mol. The van der Waals surface area contributed by atoms with Gasteiger partial charge in [0.25, 0.3) is 0 Å². The minimum Gasteiger partial charge on any atom is -0.482 e. The number of esters is 1. The first-order chi connectivity index (χ1) is 13.6. The molecule has 2 aromatic carbocycles. The molecule has 0 aromatic heterocycles. The molecule has 0 N–H and O–H groups in total. The second-order valence-corrected chi connectivity index (χ2v) is 6.17. The third-order valence-electron chi connectivity index (χ3n) is 4.19. The Balaban J connectivity index is 1.64. The van der Waals surface area contributed by atoms with Crippen LogP contribution < -0.4 is 9.47 Å². The van der Waals surface area contributed by atoms with E-state index in [2.05, 4.69) is 0 Å². The van der Waals surface area contributed by atoms with Crippen molar-refractivity contribution in [2.75, 3.05) is 19.8 Å². The second-order valence-electron chi connectivity index (χ2n) is 6.17. The zero-order chi connectivity index (χ0) is 19.9. The summed E-state index contributed by atoms with van der Waals surface area (Å²) in [6.45, 7) is 2.72. The van der Waals surface area contributed by atoms with Crippen molar-refractivity contribution in [1.82, 2.24) is 0 Å². The van der Waals surface area contributed by atoms with Crippen LogP contribution in [0.1, 0.15) is 30.8 Å². The Morgan fingerprint density at radius 2 is 1.89 bits per heavy atom. The normalized spacial score (nSPS) is 14.5. The number of nitro groups is 1. The van der Waals surface area contributed by atoms with Gasteiger partial charge in [0.05, 0.1) is 18.1 Å². The SMILES string of the molecule is CCc1ccc(OCC(=O)Oc2ccc(C3OCCCO3)cc2[N+](=O)[O-])cc1. The van der Waals surface area contributed by atoms with Gasteiger partial charge in [-0.1, -0.05) is 19.1 Å². The molecule has 0 bridgehead atoms. The zero-order valence-electron chi connectivity index (χ0n) is 15.5. The molecule has 1 saturated heterocycles. The molecule has 28 heavy (non-hydrogen) atoms. The van der Waals surface area contributed by atoms with Crippen LogP contribution in [-0.4, -0.2) is 30.7 Å². The van der Waals surface area contributed by atoms with Crippen molar-refractivity contribution in [2.24, 2.45) is 0 Å². The maximum atomic E-state index is 12.1. The highest BCUT2D eigenvalue weighted by molar-refractivity contribution is 5.75. The van der Waals surface area contributed by atoms with Gasteiger partial charge in [0.2, 0.25) is 5.75 Å². The van der Waals surface area contributed by atoms with E-state index in [0.717, 1.165) is 18.4 Å². The summed E-state index contributed by atoms with van der Waals surface area (Å²) >= 11 is 0. The fourth-order valence-corrected chi connectivity index (χ4v) is 2.71. The second kappa shape index (κ2) is 9.29. The third-order valence-corrected chi connectivity index (χ3v) is 4.19. The third kappa shape index (κ3) is 5.05. The number of hydrogen-bond donors (Lipinski definition) is 0. The number of benzene rings is 2. The molecule has 1 heterocycles. The predicted molar refractivity (Wildman–Crippen MR) is 99.3 cm³/mol. The lowest BCUT2D eigenvalue weighted by molar-refractivity contribution is -0.385. The van der Waals surface area contributed by atoms with E-state index in [-0.39, 0.29) is 18.0 Å². The van der Waals surface area contributed by atoms with E-state index in [9.17, 15) is 14.9 Å². The first kappa shape index (κ1) is 19.8. The van der Waals surface area contributed by atoms with E-state index >= 15 is 0 Å². The Hall–Kier alpha value is -2.97. The van der Waals surface area contributed by atoms with E-state index in [4.69, 9.17) is 18.9 Å². The number of carbonyl (C=O) groups excluding carboxylic acids is 1. The van der Waals surface area contributed by atoms with Crippen molar-refractivity contribution in [3.05, 3.63) is 63.7 Å². The van der Waals surface area contributed by atoms with Gasteiger partial charge in [-0.15, -0.1) is 0 Å². The van der Waals surface area contributed by atoms with Gasteiger partial charge in [0.1, 0.15) is 5.75 Å². The molecule has 8 nitrogen and oxygen atoms in total. The number of hydrogen-bond acceptors (Lipinski definition) is 7. The monoisotopic (exact) mass is 387 g/mol. The largest absolute Gasteiger partial charge is 0.482 e. The lowest BCUT2D eigenvalue weighted by Crippen LogP contribution is -2.19. The average molecular weight is 387 g/mol. The average Bonchev–Trinajstić information content (AvgIpc) is 2.73. The van der Waals surface area contributed by atoms with Crippen molar-refractivity contribution in [3.63, 3.8) is 0 Å². The molecule has 0 spiro atoms. The van der Waals surface area contributed by atoms with E-state index in [1.807, 2.05) is 19.1 Å². The predicted octanol–water partition coefficient (Wildman–Crippen LogP) is 3.58. The molecule has 2 aromatic rings. The smallest absolute Gasteiger partial charge is 0.349 e. The molecule has 0 aliphatic carbocycles. The number of aryl methyl sites for hydroxylation is 1. The molecule has 0 unspecified atom stereocenters. The van der Waals surface area contributed by atoms with Crippen LogP contribution in [-0.2, 0) is 20.7 Å². The zero-order valence-corrected chi connectivity index (χ0v) is 15.5. The summed E-state index contributed by atoms with van der Waals surface area (Å²) in [5.74, 6) is -0.370. The Kier molecular flexibility index (Phi) is 6.57. The molecule has 148 valence electrons. The van der Waals surface area contributed by atoms with Gasteiger partial charge >= 0.3 is 11.7 Å². The van der Waals surface area contributed by atoms with Gasteiger partial charge in [0, 0.05) is 11.6 Å². The maximum absolute atomic E-state index is 12.1. The molecule has 0 amide bonds. The van der Waals surface area contributed by atoms with E-state index in [0.29, 0.717) is 24.5 Å².